The number of rotatable bonds is 52. The maximum Gasteiger partial charge on any atom is 0.361 e. The zero-order valence-corrected chi connectivity index (χ0v) is 46.4. The van der Waals surface area contributed by atoms with Crippen molar-refractivity contribution < 1.29 is 42.9 Å². The van der Waals surface area contributed by atoms with Crippen LogP contribution in [0.5, 0.6) is 0 Å². The van der Waals surface area contributed by atoms with Crippen molar-refractivity contribution in [1.29, 1.82) is 0 Å². The van der Waals surface area contributed by atoms with Gasteiger partial charge in [-0.2, -0.15) is 0 Å². The number of ether oxygens (including phenoxy) is 4. The fourth-order valence-corrected chi connectivity index (χ4v) is 7.76. The highest BCUT2D eigenvalue weighted by molar-refractivity contribution is 5.71. The minimum absolute atomic E-state index is 0.183. The number of quaternary nitrogens is 1. The van der Waals surface area contributed by atoms with Crippen LogP contribution in [-0.4, -0.2) is 87.4 Å². The molecule has 0 aromatic heterocycles. The highest BCUT2D eigenvalue weighted by Crippen LogP contribution is 2.16. The molecule has 0 spiro atoms. The van der Waals surface area contributed by atoms with Crippen molar-refractivity contribution in [2.75, 3.05) is 47.5 Å². The average molecular weight is 996 g/mol. The van der Waals surface area contributed by atoms with Crippen LogP contribution in [0.2, 0.25) is 0 Å². The van der Waals surface area contributed by atoms with Gasteiger partial charge in [0.2, 0.25) is 0 Å². The van der Waals surface area contributed by atoms with Gasteiger partial charge in [-0.25, -0.2) is 4.79 Å². The summed E-state index contributed by atoms with van der Waals surface area (Å²) in [7, 11) is 5.96. The Morgan fingerprint density at radius 1 is 0.437 bits per heavy atom. The number of carbonyl (C=O) groups excluding carboxylic acids is 2. The summed E-state index contributed by atoms with van der Waals surface area (Å²) in [6, 6.07) is 0. The molecule has 0 bridgehead atoms. The molecule has 0 aliphatic rings. The van der Waals surface area contributed by atoms with Crippen molar-refractivity contribution in [3.05, 3.63) is 85.1 Å². The highest BCUT2D eigenvalue weighted by atomic mass is 16.7. The SMILES string of the molecule is CC/C=C\C/C=C\C/C=C\C/C=C\C/C=C\C/C=C\C/C=C\CCCCCCCCCC(=O)OC(COC(=O)CCCCCCCCCCCCCCCCCCC)COC(OCC[N+](C)(C)C)C(=O)O. The molecule has 0 fully saturated rings. The topological polar surface area (TPSA) is 108 Å². The van der Waals surface area contributed by atoms with Gasteiger partial charge < -0.3 is 28.5 Å². The summed E-state index contributed by atoms with van der Waals surface area (Å²) in [6.45, 7) is 4.76. The van der Waals surface area contributed by atoms with E-state index in [1.165, 1.54) is 109 Å². The number of likely N-dealkylation sites (N-methyl/N-ethyl adjacent to an activating group) is 1. The van der Waals surface area contributed by atoms with Gasteiger partial charge in [-0.05, 0) is 70.6 Å². The first-order valence-electron chi connectivity index (χ1n) is 28.8. The molecule has 408 valence electrons. The van der Waals surface area contributed by atoms with E-state index in [0.717, 1.165) is 89.9 Å². The quantitative estimate of drug-likeness (QED) is 0.0211. The molecule has 71 heavy (non-hydrogen) atoms. The standard InChI is InChI=1S/C62H107NO8/c1-6-8-10-12-14-16-18-20-22-24-25-26-27-28-29-30-31-32-33-34-35-37-39-41-43-45-47-49-51-53-60(65)71-58(57-70-62(61(66)67)68-55-54-63(3,4)5)56-69-59(64)52-50-48-46-44-42-40-38-36-23-21-19-17-15-13-11-9-7-2/h8,10,14,16,20,22,25-26,28-29,31-32,34-35,58,62H,6-7,9,11-13,15,17-19,21,23-24,27,30,33,36-57H2,1-5H3/p+1/b10-8-,16-14-,22-20-,26-25-,29-28-,32-31-,35-34-. The lowest BCUT2D eigenvalue weighted by Crippen LogP contribution is -2.40. The van der Waals surface area contributed by atoms with Crippen LogP contribution in [-0.2, 0) is 33.3 Å². The van der Waals surface area contributed by atoms with Crippen LogP contribution in [0, 0.1) is 0 Å². The number of carboxylic acids is 1. The second-order valence-corrected chi connectivity index (χ2v) is 20.2. The summed E-state index contributed by atoms with van der Waals surface area (Å²) in [5.41, 5.74) is 0. The fraction of sp³-hybridized carbons (Fsp3) is 0.726. The molecule has 0 aromatic rings. The Balaban J connectivity index is 4.29. The Morgan fingerprint density at radius 2 is 0.803 bits per heavy atom. The maximum absolute atomic E-state index is 12.9. The van der Waals surface area contributed by atoms with Crippen molar-refractivity contribution in [3.8, 4) is 0 Å². The van der Waals surface area contributed by atoms with E-state index < -0.39 is 24.3 Å². The molecule has 0 radical (unpaired) electrons. The largest absolute Gasteiger partial charge is 0.477 e. The normalized spacial score (nSPS) is 13.4. The van der Waals surface area contributed by atoms with E-state index in [1.807, 2.05) is 21.1 Å². The van der Waals surface area contributed by atoms with Crippen LogP contribution >= 0.6 is 0 Å². The summed E-state index contributed by atoms with van der Waals surface area (Å²) >= 11 is 0. The molecular formula is C62H108NO8+. The maximum atomic E-state index is 12.9. The van der Waals surface area contributed by atoms with Crippen molar-refractivity contribution >= 4 is 17.9 Å². The second-order valence-electron chi connectivity index (χ2n) is 20.2. The third-order valence-corrected chi connectivity index (χ3v) is 12.2. The van der Waals surface area contributed by atoms with Gasteiger partial charge in [-0.15, -0.1) is 0 Å². The van der Waals surface area contributed by atoms with Crippen LogP contribution in [0.25, 0.3) is 0 Å². The van der Waals surface area contributed by atoms with Crippen LogP contribution in [0.15, 0.2) is 85.1 Å². The Hall–Kier alpha value is -3.53. The van der Waals surface area contributed by atoms with Gasteiger partial charge in [0.15, 0.2) is 6.10 Å². The van der Waals surface area contributed by atoms with Gasteiger partial charge in [0.05, 0.1) is 34.4 Å². The number of nitrogens with zero attached hydrogens (tertiary/aromatic N) is 1. The predicted octanol–water partition coefficient (Wildman–Crippen LogP) is 16.8. The average Bonchev–Trinajstić information content (AvgIpc) is 3.34. The Labute approximate surface area is 436 Å². The van der Waals surface area contributed by atoms with Crippen molar-refractivity contribution in [3.63, 3.8) is 0 Å². The molecule has 9 nitrogen and oxygen atoms in total. The van der Waals surface area contributed by atoms with Gasteiger partial charge in [-0.3, -0.25) is 9.59 Å². The molecule has 0 rings (SSSR count). The molecule has 0 aromatic carbocycles. The van der Waals surface area contributed by atoms with E-state index in [4.69, 9.17) is 18.9 Å². The molecule has 0 heterocycles. The van der Waals surface area contributed by atoms with E-state index in [-0.39, 0.29) is 32.2 Å². The van der Waals surface area contributed by atoms with E-state index in [0.29, 0.717) is 23.9 Å². The first-order valence-corrected chi connectivity index (χ1v) is 28.8. The van der Waals surface area contributed by atoms with Gasteiger partial charge in [-0.1, -0.05) is 234 Å². The number of hydrogen-bond donors (Lipinski definition) is 1. The lowest BCUT2D eigenvalue weighted by Gasteiger charge is -2.25. The zero-order chi connectivity index (χ0) is 52.0. The minimum atomic E-state index is -1.52. The summed E-state index contributed by atoms with van der Waals surface area (Å²) in [5, 5.41) is 9.70. The van der Waals surface area contributed by atoms with E-state index >= 15 is 0 Å². The van der Waals surface area contributed by atoms with E-state index in [1.54, 1.807) is 0 Å². The number of carboxylic acid groups (broad SMARTS) is 1. The summed E-state index contributed by atoms with van der Waals surface area (Å²) in [5.74, 6) is -2.02. The van der Waals surface area contributed by atoms with E-state index in [9.17, 15) is 19.5 Å². The van der Waals surface area contributed by atoms with Crippen LogP contribution in [0.4, 0.5) is 0 Å². The lowest BCUT2D eigenvalue weighted by atomic mass is 10.0. The van der Waals surface area contributed by atoms with Crippen LogP contribution in [0.3, 0.4) is 0 Å². The number of allylic oxidation sites excluding steroid dienone is 14. The van der Waals surface area contributed by atoms with Crippen molar-refractivity contribution in [2.24, 2.45) is 0 Å². The second kappa shape index (κ2) is 52.8. The van der Waals surface area contributed by atoms with E-state index in [2.05, 4.69) is 98.9 Å². The number of unbranched alkanes of at least 4 members (excludes halogenated alkanes) is 23. The molecular weight excluding hydrogens is 887 g/mol. The highest BCUT2D eigenvalue weighted by Gasteiger charge is 2.25. The third-order valence-electron chi connectivity index (χ3n) is 12.2. The minimum Gasteiger partial charge on any atom is -0.477 e. The van der Waals surface area contributed by atoms with Crippen molar-refractivity contribution in [1.82, 2.24) is 0 Å². The zero-order valence-electron chi connectivity index (χ0n) is 46.4. The van der Waals surface area contributed by atoms with Gasteiger partial charge in [0, 0.05) is 12.8 Å². The molecule has 1 N–H and O–H groups in total. The molecule has 0 amide bonds. The number of esters is 2. The Kier molecular flexibility index (Phi) is 50.2. The number of carbonyl (C=O) groups is 3. The summed E-state index contributed by atoms with van der Waals surface area (Å²) in [6.07, 6.45) is 66.5. The van der Waals surface area contributed by atoms with Gasteiger partial charge >= 0.3 is 17.9 Å². The number of hydrogen-bond acceptors (Lipinski definition) is 7. The molecule has 2 atom stereocenters. The lowest BCUT2D eigenvalue weighted by molar-refractivity contribution is -0.870. The molecule has 0 saturated carbocycles. The van der Waals surface area contributed by atoms with Gasteiger partial charge in [0.1, 0.15) is 13.2 Å². The van der Waals surface area contributed by atoms with Gasteiger partial charge in [0.25, 0.3) is 6.29 Å². The molecule has 0 aliphatic carbocycles. The molecule has 2 unspecified atom stereocenters. The monoisotopic (exact) mass is 995 g/mol. The third kappa shape index (κ3) is 54.1. The summed E-state index contributed by atoms with van der Waals surface area (Å²) in [4.78, 5) is 37.4. The fourth-order valence-electron chi connectivity index (χ4n) is 7.76. The first-order chi connectivity index (χ1) is 34.6. The Morgan fingerprint density at radius 3 is 1.20 bits per heavy atom. The molecule has 0 aliphatic heterocycles. The summed E-state index contributed by atoms with van der Waals surface area (Å²) < 4.78 is 22.9. The number of aliphatic carboxylic acids is 1. The smallest absolute Gasteiger partial charge is 0.361 e. The molecule has 0 saturated heterocycles. The van der Waals surface area contributed by atoms with Crippen LogP contribution in [0.1, 0.15) is 232 Å². The van der Waals surface area contributed by atoms with Crippen molar-refractivity contribution in [2.45, 2.75) is 245 Å². The first kappa shape index (κ1) is 67.5. The molecule has 9 heteroatoms. The van der Waals surface area contributed by atoms with Crippen LogP contribution < -0.4 is 0 Å². The predicted molar refractivity (Wildman–Crippen MR) is 299 cm³/mol. The Bertz CT molecular complexity index is 1440.